The normalized spacial score (nSPS) is 10.9. The fourth-order valence-corrected chi connectivity index (χ4v) is 1.37. The van der Waals surface area contributed by atoms with E-state index in [9.17, 15) is 14.4 Å². The summed E-state index contributed by atoms with van der Waals surface area (Å²) in [4.78, 5) is 34.7. The Morgan fingerprint density at radius 3 is 2.28 bits per heavy atom. The summed E-state index contributed by atoms with van der Waals surface area (Å²) in [6, 6.07) is 8.32. The molecule has 4 nitrogen and oxygen atoms in total. The van der Waals surface area contributed by atoms with E-state index in [1.54, 1.807) is 37.3 Å². The van der Waals surface area contributed by atoms with Crippen molar-refractivity contribution in [3.8, 4) is 0 Å². The molecule has 0 fully saturated rings. The summed E-state index contributed by atoms with van der Waals surface area (Å²) < 4.78 is 4.69. The van der Waals surface area contributed by atoms with Gasteiger partial charge in [-0.05, 0) is 13.8 Å². The molecule has 0 unspecified atom stereocenters. The minimum atomic E-state index is -0.688. The van der Waals surface area contributed by atoms with Crippen LogP contribution in [0.15, 0.2) is 42.0 Å². The first-order chi connectivity index (χ1) is 8.56. The lowest BCUT2D eigenvalue weighted by molar-refractivity contribution is -0.137. The van der Waals surface area contributed by atoms with Crippen LogP contribution >= 0.6 is 0 Å². The van der Waals surface area contributed by atoms with Gasteiger partial charge in [-0.2, -0.15) is 0 Å². The van der Waals surface area contributed by atoms with Gasteiger partial charge in [-0.3, -0.25) is 9.59 Å². The molecule has 0 radical (unpaired) electrons. The van der Waals surface area contributed by atoms with Gasteiger partial charge in [0.15, 0.2) is 11.6 Å². The van der Waals surface area contributed by atoms with Crippen LogP contribution in [-0.2, 0) is 14.3 Å². The second-order valence-electron chi connectivity index (χ2n) is 3.56. The Kier molecular flexibility index (Phi) is 4.99. The summed E-state index contributed by atoms with van der Waals surface area (Å²) >= 11 is 0. The molecule has 1 aromatic rings. The van der Waals surface area contributed by atoms with Crippen LogP contribution < -0.4 is 0 Å². The van der Waals surface area contributed by atoms with Gasteiger partial charge in [-0.15, -0.1) is 0 Å². The highest BCUT2D eigenvalue weighted by Gasteiger charge is 2.18. The van der Waals surface area contributed by atoms with Crippen molar-refractivity contribution in [2.75, 3.05) is 6.61 Å². The van der Waals surface area contributed by atoms with Crippen molar-refractivity contribution in [3.63, 3.8) is 0 Å². The molecule has 0 amide bonds. The zero-order valence-corrected chi connectivity index (χ0v) is 10.3. The minimum absolute atomic E-state index is 0.167. The van der Waals surface area contributed by atoms with Gasteiger partial charge in [-0.25, -0.2) is 4.79 Å². The van der Waals surface area contributed by atoms with E-state index in [4.69, 9.17) is 0 Å². The Bertz CT molecular complexity index is 486. The van der Waals surface area contributed by atoms with Gasteiger partial charge < -0.3 is 4.74 Å². The third kappa shape index (κ3) is 3.66. The maximum Gasteiger partial charge on any atom is 0.331 e. The number of carbonyl (C=O) groups is 3. The first-order valence-corrected chi connectivity index (χ1v) is 5.55. The highest BCUT2D eigenvalue weighted by Crippen LogP contribution is 2.09. The number of carbonyl (C=O) groups excluding carboxylic acids is 3. The molecule has 4 heteroatoms. The standard InChI is InChI=1S/C14H14O4/c1-3-18-13(16)9-12(10(2)15)14(17)11-7-5-4-6-8-11/h4-9H,3H2,1-2H3. The smallest absolute Gasteiger partial charge is 0.331 e. The van der Waals surface area contributed by atoms with Crippen LogP contribution in [0, 0.1) is 0 Å². The van der Waals surface area contributed by atoms with Crippen LogP contribution in [0.3, 0.4) is 0 Å². The molecule has 0 atom stereocenters. The molecule has 1 aromatic carbocycles. The molecule has 0 aromatic heterocycles. The van der Waals surface area contributed by atoms with Crippen molar-refractivity contribution in [1.82, 2.24) is 0 Å². The van der Waals surface area contributed by atoms with Gasteiger partial charge in [0, 0.05) is 11.6 Å². The molecular formula is C14H14O4. The van der Waals surface area contributed by atoms with Crippen LogP contribution in [0.1, 0.15) is 24.2 Å². The molecule has 0 spiro atoms. The lowest BCUT2D eigenvalue weighted by Gasteiger charge is -2.03. The Morgan fingerprint density at radius 1 is 1.17 bits per heavy atom. The third-order valence-corrected chi connectivity index (χ3v) is 2.21. The van der Waals surface area contributed by atoms with E-state index in [1.807, 2.05) is 0 Å². The number of ketones is 2. The van der Waals surface area contributed by atoms with E-state index in [-0.39, 0.29) is 12.2 Å². The fraction of sp³-hybridized carbons (Fsp3) is 0.214. The Balaban J connectivity index is 3.04. The lowest BCUT2D eigenvalue weighted by atomic mass is 10.0. The molecule has 0 aliphatic heterocycles. The molecule has 94 valence electrons. The first kappa shape index (κ1) is 13.8. The maximum atomic E-state index is 12.0. The van der Waals surface area contributed by atoms with Crippen LogP contribution in [0.25, 0.3) is 0 Å². The molecule has 0 aliphatic rings. The minimum Gasteiger partial charge on any atom is -0.463 e. The molecule has 0 saturated heterocycles. The second kappa shape index (κ2) is 6.49. The predicted octanol–water partition coefficient (Wildman–Crippen LogP) is 1.95. The molecule has 0 heterocycles. The predicted molar refractivity (Wildman–Crippen MR) is 66.2 cm³/mol. The summed E-state index contributed by atoms with van der Waals surface area (Å²) in [6.45, 7) is 3.09. The Labute approximate surface area is 105 Å². The summed E-state index contributed by atoms with van der Waals surface area (Å²) in [7, 11) is 0. The first-order valence-electron chi connectivity index (χ1n) is 5.55. The van der Waals surface area contributed by atoms with Crippen molar-refractivity contribution in [2.45, 2.75) is 13.8 Å². The lowest BCUT2D eigenvalue weighted by Crippen LogP contribution is -2.13. The number of rotatable bonds is 5. The SMILES string of the molecule is CCOC(=O)C=C(C(C)=O)C(=O)c1ccccc1. The molecule has 0 aliphatic carbocycles. The van der Waals surface area contributed by atoms with Crippen molar-refractivity contribution < 1.29 is 19.1 Å². The van der Waals surface area contributed by atoms with Gasteiger partial charge in [0.05, 0.1) is 12.2 Å². The maximum absolute atomic E-state index is 12.0. The van der Waals surface area contributed by atoms with E-state index in [0.29, 0.717) is 5.56 Å². The van der Waals surface area contributed by atoms with Gasteiger partial charge in [-0.1, -0.05) is 30.3 Å². The average molecular weight is 246 g/mol. The van der Waals surface area contributed by atoms with Crippen LogP contribution in [0.2, 0.25) is 0 Å². The largest absolute Gasteiger partial charge is 0.463 e. The number of allylic oxidation sites excluding steroid dienone is 1. The number of benzene rings is 1. The summed E-state index contributed by atoms with van der Waals surface area (Å²) in [5, 5.41) is 0. The van der Waals surface area contributed by atoms with Crippen molar-refractivity contribution in [3.05, 3.63) is 47.5 Å². The van der Waals surface area contributed by atoms with E-state index in [0.717, 1.165) is 6.08 Å². The summed E-state index contributed by atoms with van der Waals surface area (Å²) in [6.07, 6.45) is 0.946. The van der Waals surface area contributed by atoms with Crippen molar-refractivity contribution in [2.24, 2.45) is 0 Å². The van der Waals surface area contributed by atoms with Gasteiger partial charge >= 0.3 is 5.97 Å². The molecule has 0 saturated carbocycles. The molecule has 1 rings (SSSR count). The van der Waals surface area contributed by atoms with E-state index >= 15 is 0 Å². The van der Waals surface area contributed by atoms with Crippen molar-refractivity contribution >= 4 is 17.5 Å². The number of Topliss-reactive ketones (excluding diaryl/α,β-unsaturated/α-hetero) is 2. The third-order valence-electron chi connectivity index (χ3n) is 2.21. The number of hydrogen-bond donors (Lipinski definition) is 0. The zero-order chi connectivity index (χ0) is 13.5. The van der Waals surface area contributed by atoms with Crippen LogP contribution in [-0.4, -0.2) is 24.1 Å². The van der Waals surface area contributed by atoms with E-state index < -0.39 is 17.5 Å². The molecule has 18 heavy (non-hydrogen) atoms. The zero-order valence-electron chi connectivity index (χ0n) is 10.3. The van der Waals surface area contributed by atoms with Gasteiger partial charge in [0.25, 0.3) is 0 Å². The number of ether oxygens (including phenoxy) is 1. The highest BCUT2D eigenvalue weighted by atomic mass is 16.5. The topological polar surface area (TPSA) is 60.4 Å². The van der Waals surface area contributed by atoms with Crippen LogP contribution in [0.4, 0.5) is 0 Å². The van der Waals surface area contributed by atoms with Gasteiger partial charge in [0.1, 0.15) is 0 Å². The second-order valence-corrected chi connectivity index (χ2v) is 3.56. The highest BCUT2D eigenvalue weighted by molar-refractivity contribution is 6.27. The average Bonchev–Trinajstić information content (AvgIpc) is 2.36. The summed E-state index contributed by atoms with van der Waals surface area (Å²) in [5.74, 6) is -1.62. The molecule has 0 bridgehead atoms. The molecular weight excluding hydrogens is 232 g/mol. The fourth-order valence-electron chi connectivity index (χ4n) is 1.37. The molecule has 0 N–H and O–H groups in total. The van der Waals surface area contributed by atoms with Gasteiger partial charge in [0.2, 0.25) is 0 Å². The quantitative estimate of drug-likeness (QED) is 0.262. The Morgan fingerprint density at radius 2 is 1.78 bits per heavy atom. The van der Waals surface area contributed by atoms with Crippen LogP contribution in [0.5, 0.6) is 0 Å². The number of hydrogen-bond acceptors (Lipinski definition) is 4. The van der Waals surface area contributed by atoms with E-state index in [1.165, 1.54) is 6.92 Å². The monoisotopic (exact) mass is 246 g/mol. The van der Waals surface area contributed by atoms with E-state index in [2.05, 4.69) is 4.74 Å². The summed E-state index contributed by atoms with van der Waals surface area (Å²) in [5.41, 5.74) is 0.197. The Hall–Kier alpha value is -2.23. The number of esters is 1. The van der Waals surface area contributed by atoms with Crippen molar-refractivity contribution in [1.29, 1.82) is 0 Å².